The van der Waals surface area contributed by atoms with Gasteiger partial charge in [0, 0.05) is 26.2 Å². The standard InChI is InChI=1S/C15H19ClFN5O4.C2H4O2/c16-15-20-12(19-7-1-3-25-4-2-7)9-13(21-15)22(6-18-9)14-11(24)10(23)8(5-17)26-14;1-2(3)4/h6-8,10-11,14,23-24H,1-5H2,(H,19,20,21);1H3,(H,3,4)/t8-,10-,11-,14-;/m1./s1. The number of halogens is 2. The summed E-state index contributed by atoms with van der Waals surface area (Å²) in [5.74, 6) is -0.360. The lowest BCUT2D eigenvalue weighted by Crippen LogP contribution is -2.32. The van der Waals surface area contributed by atoms with E-state index in [0.29, 0.717) is 30.2 Å². The Bertz CT molecular complexity index is 876. The number of aliphatic hydroxyl groups excluding tert-OH is 2. The van der Waals surface area contributed by atoms with E-state index in [1.807, 2.05) is 0 Å². The molecule has 13 heteroatoms. The van der Waals surface area contributed by atoms with Crippen LogP contribution in [0.25, 0.3) is 11.2 Å². The van der Waals surface area contributed by atoms with E-state index in [1.54, 1.807) is 0 Å². The largest absolute Gasteiger partial charge is 0.481 e. The molecule has 0 unspecified atom stereocenters. The first-order valence-corrected chi connectivity index (χ1v) is 9.71. The molecule has 0 saturated carbocycles. The number of anilines is 1. The lowest BCUT2D eigenvalue weighted by atomic mass is 10.1. The quantitative estimate of drug-likeness (QED) is 0.494. The van der Waals surface area contributed by atoms with E-state index < -0.39 is 37.2 Å². The number of aliphatic carboxylic acids is 1. The summed E-state index contributed by atoms with van der Waals surface area (Å²) in [6, 6.07) is 0.175. The van der Waals surface area contributed by atoms with Gasteiger partial charge in [-0.25, -0.2) is 9.37 Å². The molecule has 2 aromatic rings. The number of hydrogen-bond acceptors (Lipinski definition) is 9. The second-order valence-corrected chi connectivity index (χ2v) is 7.25. The number of carbonyl (C=O) groups is 1. The summed E-state index contributed by atoms with van der Waals surface area (Å²) >= 11 is 6.06. The van der Waals surface area contributed by atoms with Crippen molar-refractivity contribution in [1.82, 2.24) is 19.5 Å². The van der Waals surface area contributed by atoms with Crippen LogP contribution >= 0.6 is 11.6 Å². The van der Waals surface area contributed by atoms with Crippen LogP contribution in [0.3, 0.4) is 0 Å². The number of alkyl halides is 1. The van der Waals surface area contributed by atoms with Crippen molar-refractivity contribution < 1.29 is 34.0 Å². The number of fused-ring (bicyclic) bond motifs is 1. The highest BCUT2D eigenvalue weighted by molar-refractivity contribution is 6.28. The number of hydrogen-bond donors (Lipinski definition) is 4. The number of carboxylic acids is 1. The molecule has 2 fully saturated rings. The maximum Gasteiger partial charge on any atom is 0.300 e. The van der Waals surface area contributed by atoms with E-state index in [2.05, 4.69) is 20.3 Å². The van der Waals surface area contributed by atoms with Gasteiger partial charge in [-0.3, -0.25) is 9.36 Å². The SMILES string of the molecule is CC(=O)O.O[C@@H]1[C@H](O)[C@@H](CF)O[C@H]1n1cnc2c(NC3CCOCC3)nc(Cl)nc21. The van der Waals surface area contributed by atoms with Crippen molar-refractivity contribution in [3.63, 3.8) is 0 Å². The first-order chi connectivity index (χ1) is 14.3. The maximum atomic E-state index is 13.0. The Morgan fingerprint density at radius 3 is 2.60 bits per heavy atom. The summed E-state index contributed by atoms with van der Waals surface area (Å²) in [6.07, 6.45) is -1.70. The van der Waals surface area contributed by atoms with Gasteiger partial charge in [-0.05, 0) is 24.4 Å². The highest BCUT2D eigenvalue weighted by atomic mass is 35.5. The van der Waals surface area contributed by atoms with Crippen LogP contribution in [0.1, 0.15) is 26.0 Å². The van der Waals surface area contributed by atoms with Crippen molar-refractivity contribution >= 4 is 34.6 Å². The molecule has 0 spiro atoms. The maximum absolute atomic E-state index is 13.0. The van der Waals surface area contributed by atoms with Crippen LogP contribution in [-0.2, 0) is 14.3 Å². The monoisotopic (exact) mass is 447 g/mol. The predicted molar refractivity (Wildman–Crippen MR) is 103 cm³/mol. The molecule has 0 aliphatic carbocycles. The van der Waals surface area contributed by atoms with E-state index >= 15 is 0 Å². The first kappa shape index (κ1) is 22.6. The molecule has 4 atom stereocenters. The number of imidazole rings is 1. The van der Waals surface area contributed by atoms with Gasteiger partial charge < -0.3 is 30.1 Å². The third kappa shape index (κ3) is 4.95. The zero-order valence-electron chi connectivity index (χ0n) is 16.1. The first-order valence-electron chi connectivity index (χ1n) is 9.33. The molecule has 2 aliphatic heterocycles. The number of nitrogens with one attached hydrogen (secondary N) is 1. The van der Waals surface area contributed by atoms with Crippen LogP contribution in [0.15, 0.2) is 6.33 Å². The van der Waals surface area contributed by atoms with Crippen molar-refractivity contribution in [2.45, 2.75) is 50.3 Å². The van der Waals surface area contributed by atoms with Gasteiger partial charge >= 0.3 is 0 Å². The molecule has 166 valence electrons. The molecule has 30 heavy (non-hydrogen) atoms. The number of aromatic nitrogens is 4. The van der Waals surface area contributed by atoms with Crippen LogP contribution in [0.5, 0.6) is 0 Å². The van der Waals surface area contributed by atoms with E-state index in [1.165, 1.54) is 10.9 Å². The summed E-state index contributed by atoms with van der Waals surface area (Å²) in [5.41, 5.74) is 0.783. The zero-order valence-corrected chi connectivity index (χ0v) is 16.9. The zero-order chi connectivity index (χ0) is 21.8. The normalized spacial score (nSPS) is 27.0. The van der Waals surface area contributed by atoms with Crippen LogP contribution < -0.4 is 5.32 Å². The molecular formula is C17H23ClFN5O6. The molecule has 0 aromatic carbocycles. The topological polar surface area (TPSA) is 152 Å². The molecule has 11 nitrogen and oxygen atoms in total. The highest BCUT2D eigenvalue weighted by Gasteiger charge is 2.44. The van der Waals surface area contributed by atoms with Crippen LogP contribution in [0, 0.1) is 0 Å². The summed E-state index contributed by atoms with van der Waals surface area (Å²) in [7, 11) is 0. The Kier molecular flexibility index (Phi) is 7.36. The third-order valence-corrected chi connectivity index (χ3v) is 4.89. The number of carboxylic acid groups (broad SMARTS) is 1. The minimum absolute atomic E-state index is 0.00360. The fraction of sp³-hybridized carbons (Fsp3) is 0.647. The van der Waals surface area contributed by atoms with Crippen LogP contribution in [0.4, 0.5) is 10.2 Å². The molecule has 0 bridgehead atoms. The lowest BCUT2D eigenvalue weighted by molar-refractivity contribution is -0.134. The molecule has 4 heterocycles. The number of nitrogens with zero attached hydrogens (tertiary/aromatic N) is 4. The summed E-state index contributed by atoms with van der Waals surface area (Å²) in [4.78, 5) is 21.7. The van der Waals surface area contributed by atoms with Crippen molar-refractivity contribution in [1.29, 1.82) is 0 Å². The third-order valence-electron chi connectivity index (χ3n) is 4.72. The Balaban J connectivity index is 0.000000589. The summed E-state index contributed by atoms with van der Waals surface area (Å²) in [6.45, 7) is 1.50. The van der Waals surface area contributed by atoms with Gasteiger partial charge in [-0.1, -0.05) is 0 Å². The highest BCUT2D eigenvalue weighted by Crippen LogP contribution is 2.33. The van der Waals surface area contributed by atoms with E-state index in [0.717, 1.165) is 19.8 Å². The molecule has 4 rings (SSSR count). The minimum Gasteiger partial charge on any atom is -0.481 e. The Morgan fingerprint density at radius 2 is 2.00 bits per heavy atom. The van der Waals surface area contributed by atoms with E-state index in [4.69, 9.17) is 31.0 Å². The molecule has 4 N–H and O–H groups in total. The second kappa shape index (κ2) is 9.79. The van der Waals surface area contributed by atoms with Gasteiger partial charge in [0.15, 0.2) is 23.2 Å². The Morgan fingerprint density at radius 1 is 1.33 bits per heavy atom. The van der Waals surface area contributed by atoms with Crippen molar-refractivity contribution in [2.24, 2.45) is 0 Å². The fourth-order valence-electron chi connectivity index (χ4n) is 3.30. The van der Waals surface area contributed by atoms with Crippen molar-refractivity contribution in [3.8, 4) is 0 Å². The minimum atomic E-state index is -1.33. The lowest BCUT2D eigenvalue weighted by Gasteiger charge is -2.23. The average Bonchev–Trinajstić information content (AvgIpc) is 3.23. The smallest absolute Gasteiger partial charge is 0.300 e. The van der Waals surface area contributed by atoms with Gasteiger partial charge in [-0.2, -0.15) is 9.97 Å². The molecule has 2 saturated heterocycles. The van der Waals surface area contributed by atoms with E-state index in [-0.39, 0.29) is 11.3 Å². The number of ether oxygens (including phenoxy) is 2. The molecule has 2 aromatic heterocycles. The Labute approximate surface area is 175 Å². The summed E-state index contributed by atoms with van der Waals surface area (Å²) < 4.78 is 25.2. The van der Waals surface area contributed by atoms with Crippen molar-refractivity contribution in [3.05, 3.63) is 11.6 Å². The number of rotatable bonds is 4. The van der Waals surface area contributed by atoms with Gasteiger partial charge in [0.25, 0.3) is 5.97 Å². The van der Waals surface area contributed by atoms with Gasteiger partial charge in [0.2, 0.25) is 5.28 Å². The second-order valence-electron chi connectivity index (χ2n) is 6.92. The summed E-state index contributed by atoms with van der Waals surface area (Å²) in [5, 5.41) is 30.8. The molecular weight excluding hydrogens is 425 g/mol. The van der Waals surface area contributed by atoms with E-state index in [9.17, 15) is 14.6 Å². The van der Waals surface area contributed by atoms with Crippen molar-refractivity contribution in [2.75, 3.05) is 25.2 Å². The van der Waals surface area contributed by atoms with Gasteiger partial charge in [0.05, 0.1) is 6.33 Å². The fourth-order valence-corrected chi connectivity index (χ4v) is 3.46. The predicted octanol–water partition coefficient (Wildman–Crippen LogP) is 0.750. The van der Waals surface area contributed by atoms with Crippen LogP contribution in [-0.4, -0.2) is 85.1 Å². The van der Waals surface area contributed by atoms with Gasteiger partial charge in [-0.15, -0.1) is 0 Å². The molecule has 2 aliphatic rings. The molecule has 0 amide bonds. The van der Waals surface area contributed by atoms with Gasteiger partial charge in [0.1, 0.15) is 25.0 Å². The Hall–Kier alpha value is -2.12. The average molecular weight is 448 g/mol. The van der Waals surface area contributed by atoms with Crippen LogP contribution in [0.2, 0.25) is 5.28 Å². The number of aliphatic hydroxyl groups is 2. The molecule has 0 radical (unpaired) electrons.